The summed E-state index contributed by atoms with van der Waals surface area (Å²) >= 11 is 2.91. The molecule has 0 aromatic carbocycles. The Labute approximate surface area is 180 Å². The first-order valence-corrected chi connectivity index (χ1v) is 12.4. The molecule has 1 atom stereocenters. The number of ether oxygens (including phenoxy) is 1. The van der Waals surface area contributed by atoms with Crippen LogP contribution in [0.4, 0.5) is 0 Å². The maximum atomic E-state index is 13.4. The Bertz CT molecular complexity index is 901. The van der Waals surface area contributed by atoms with Gasteiger partial charge in [-0.3, -0.25) is 14.2 Å². The summed E-state index contributed by atoms with van der Waals surface area (Å²) < 4.78 is 7.50. The Morgan fingerprint density at radius 1 is 1.38 bits per heavy atom. The summed E-state index contributed by atoms with van der Waals surface area (Å²) in [6.45, 7) is 8.21. The second kappa shape index (κ2) is 10.6. The maximum absolute atomic E-state index is 13.4. The van der Waals surface area contributed by atoms with Crippen molar-refractivity contribution in [3.05, 3.63) is 20.8 Å². The number of nitrogens with one attached hydrogen (secondary N) is 1. The molecule has 3 heterocycles. The molecule has 1 saturated heterocycles. The summed E-state index contributed by atoms with van der Waals surface area (Å²) in [4.78, 5) is 32.3. The van der Waals surface area contributed by atoms with Gasteiger partial charge >= 0.3 is 0 Å². The summed E-state index contributed by atoms with van der Waals surface area (Å²) in [5.74, 6) is 0.251. The van der Waals surface area contributed by atoms with Crippen molar-refractivity contribution in [1.82, 2.24) is 14.9 Å². The van der Waals surface area contributed by atoms with E-state index in [1.54, 1.807) is 15.9 Å². The van der Waals surface area contributed by atoms with Gasteiger partial charge in [-0.25, -0.2) is 4.98 Å². The molecule has 1 amide bonds. The van der Waals surface area contributed by atoms with Crippen LogP contribution in [0, 0.1) is 6.92 Å². The van der Waals surface area contributed by atoms with E-state index in [0.29, 0.717) is 18.2 Å². The third-order valence-electron chi connectivity index (χ3n) is 5.28. The highest BCUT2D eigenvalue weighted by Crippen LogP contribution is 2.30. The number of thioether (sulfide) groups is 1. The van der Waals surface area contributed by atoms with E-state index in [1.165, 1.54) is 11.8 Å². The third-order valence-corrected chi connectivity index (χ3v) is 7.29. The molecular weight excluding hydrogens is 406 g/mol. The Morgan fingerprint density at radius 3 is 2.90 bits per heavy atom. The lowest BCUT2D eigenvalue weighted by molar-refractivity contribution is -0.118. The second-order valence-electron chi connectivity index (χ2n) is 7.46. The maximum Gasteiger partial charge on any atom is 0.263 e. The molecule has 29 heavy (non-hydrogen) atoms. The minimum Gasteiger partial charge on any atom is -0.376 e. The van der Waals surface area contributed by atoms with Gasteiger partial charge in [0.1, 0.15) is 4.83 Å². The Morgan fingerprint density at radius 2 is 2.21 bits per heavy atom. The second-order valence-corrected chi connectivity index (χ2v) is 9.61. The lowest BCUT2D eigenvalue weighted by atomic mass is 10.1. The Balaban J connectivity index is 1.84. The predicted octanol–water partition coefficient (Wildman–Crippen LogP) is 3.91. The average Bonchev–Trinajstić information content (AvgIpc) is 3.33. The molecular formula is C21H31N3O3S2. The molecule has 6 nitrogen and oxygen atoms in total. The minimum absolute atomic E-state index is 0.00226. The van der Waals surface area contributed by atoms with Crippen molar-refractivity contribution in [3.63, 3.8) is 0 Å². The number of hydrogen-bond donors (Lipinski definition) is 1. The zero-order valence-corrected chi connectivity index (χ0v) is 19.2. The normalized spacial score (nSPS) is 16.6. The summed E-state index contributed by atoms with van der Waals surface area (Å²) in [5, 5.41) is 4.31. The van der Waals surface area contributed by atoms with Crippen LogP contribution in [-0.2, 0) is 22.5 Å². The van der Waals surface area contributed by atoms with Crippen molar-refractivity contribution >= 4 is 39.2 Å². The number of thiophene rings is 1. The van der Waals surface area contributed by atoms with Crippen LogP contribution in [0.1, 0.15) is 56.4 Å². The number of nitrogens with zero attached hydrogens (tertiary/aromatic N) is 2. The standard InChI is InChI=1S/C21H31N3O3S2/c1-4-6-7-10-22-17(25)13-28-21-23-19-18(16(5-2)14(3)29-19)20(26)24(21)12-15-9-8-11-27-15/h15H,4-13H2,1-3H3,(H,22,25). The number of hydrogen-bond acceptors (Lipinski definition) is 6. The molecule has 0 aliphatic carbocycles. The third kappa shape index (κ3) is 5.41. The number of unbranched alkanes of at least 4 members (excludes halogenated alkanes) is 2. The number of carbonyl (C=O) groups excluding carboxylic acids is 1. The monoisotopic (exact) mass is 437 g/mol. The van der Waals surface area contributed by atoms with Crippen molar-refractivity contribution < 1.29 is 9.53 Å². The van der Waals surface area contributed by atoms with E-state index in [4.69, 9.17) is 9.72 Å². The van der Waals surface area contributed by atoms with Gasteiger partial charge in [0.25, 0.3) is 5.56 Å². The van der Waals surface area contributed by atoms with Crippen molar-refractivity contribution in [2.45, 2.75) is 77.1 Å². The van der Waals surface area contributed by atoms with Crippen LogP contribution in [0.5, 0.6) is 0 Å². The smallest absolute Gasteiger partial charge is 0.263 e. The van der Waals surface area contributed by atoms with Crippen molar-refractivity contribution in [2.75, 3.05) is 18.9 Å². The van der Waals surface area contributed by atoms with Gasteiger partial charge in [-0.1, -0.05) is 38.5 Å². The highest BCUT2D eigenvalue weighted by Gasteiger charge is 2.23. The molecule has 1 unspecified atom stereocenters. The van der Waals surface area contributed by atoms with Crippen LogP contribution in [-0.4, -0.2) is 40.5 Å². The Hall–Kier alpha value is -1.38. The van der Waals surface area contributed by atoms with Crippen LogP contribution in [0.2, 0.25) is 0 Å². The quantitative estimate of drug-likeness (QED) is 0.347. The first kappa shape index (κ1) is 22.3. The van der Waals surface area contributed by atoms with E-state index >= 15 is 0 Å². The highest BCUT2D eigenvalue weighted by atomic mass is 32.2. The summed E-state index contributed by atoms with van der Waals surface area (Å²) in [6, 6.07) is 0. The molecule has 0 saturated carbocycles. The molecule has 2 aromatic heterocycles. The number of aryl methyl sites for hydroxylation is 2. The zero-order chi connectivity index (χ0) is 20.8. The van der Waals surface area contributed by atoms with Crippen molar-refractivity contribution in [3.8, 4) is 0 Å². The molecule has 0 spiro atoms. The molecule has 1 fully saturated rings. The van der Waals surface area contributed by atoms with E-state index in [1.807, 2.05) is 6.92 Å². The van der Waals surface area contributed by atoms with Crippen molar-refractivity contribution in [2.24, 2.45) is 0 Å². The molecule has 3 rings (SSSR count). The fourth-order valence-electron chi connectivity index (χ4n) is 3.70. The van der Waals surface area contributed by atoms with Gasteiger partial charge in [-0.2, -0.15) is 0 Å². The van der Waals surface area contributed by atoms with Crippen LogP contribution in [0.15, 0.2) is 9.95 Å². The number of carbonyl (C=O) groups is 1. The molecule has 160 valence electrons. The van der Waals surface area contributed by atoms with Gasteiger partial charge in [0.2, 0.25) is 5.91 Å². The van der Waals surface area contributed by atoms with E-state index in [9.17, 15) is 9.59 Å². The topological polar surface area (TPSA) is 73.2 Å². The van der Waals surface area contributed by atoms with Gasteiger partial charge in [-0.15, -0.1) is 11.3 Å². The molecule has 0 radical (unpaired) electrons. The Kier molecular flexibility index (Phi) is 8.15. The fourth-order valence-corrected chi connectivity index (χ4v) is 5.70. The van der Waals surface area contributed by atoms with Gasteiger partial charge < -0.3 is 10.1 Å². The average molecular weight is 438 g/mol. The van der Waals surface area contributed by atoms with Gasteiger partial charge in [-0.05, 0) is 38.2 Å². The van der Waals surface area contributed by atoms with Gasteiger partial charge in [0.15, 0.2) is 5.16 Å². The van der Waals surface area contributed by atoms with Crippen LogP contribution < -0.4 is 10.9 Å². The van der Waals surface area contributed by atoms with E-state index in [0.717, 1.165) is 65.8 Å². The molecule has 1 aliphatic heterocycles. The first-order chi connectivity index (χ1) is 14.0. The number of fused-ring (bicyclic) bond motifs is 1. The van der Waals surface area contributed by atoms with E-state index < -0.39 is 0 Å². The first-order valence-electron chi connectivity index (χ1n) is 10.6. The fraction of sp³-hybridized carbons (Fsp3) is 0.667. The van der Waals surface area contributed by atoms with Crippen LogP contribution in [0.25, 0.3) is 10.2 Å². The lowest BCUT2D eigenvalue weighted by Crippen LogP contribution is -2.30. The van der Waals surface area contributed by atoms with Crippen LogP contribution in [0.3, 0.4) is 0 Å². The van der Waals surface area contributed by atoms with E-state index in [-0.39, 0.29) is 23.3 Å². The molecule has 2 aromatic rings. The van der Waals surface area contributed by atoms with Gasteiger partial charge in [0.05, 0.1) is 23.8 Å². The molecule has 1 aliphatic rings. The summed E-state index contributed by atoms with van der Waals surface area (Å²) in [5.41, 5.74) is 1.09. The lowest BCUT2D eigenvalue weighted by Gasteiger charge is -2.16. The minimum atomic E-state index is -0.0132. The number of amides is 1. The van der Waals surface area contributed by atoms with Gasteiger partial charge in [0, 0.05) is 18.0 Å². The van der Waals surface area contributed by atoms with Crippen LogP contribution >= 0.6 is 23.1 Å². The SMILES string of the molecule is CCCCCNC(=O)CSc1nc2sc(C)c(CC)c2c(=O)n1CC1CCCO1. The highest BCUT2D eigenvalue weighted by molar-refractivity contribution is 7.99. The molecule has 8 heteroatoms. The van der Waals surface area contributed by atoms with E-state index in [2.05, 4.69) is 19.2 Å². The summed E-state index contributed by atoms with van der Waals surface area (Å²) in [6.07, 6.45) is 6.07. The molecule has 0 bridgehead atoms. The number of rotatable bonds is 10. The van der Waals surface area contributed by atoms with Crippen molar-refractivity contribution in [1.29, 1.82) is 0 Å². The predicted molar refractivity (Wildman–Crippen MR) is 120 cm³/mol. The molecule has 1 N–H and O–H groups in total. The zero-order valence-electron chi connectivity index (χ0n) is 17.6. The number of aromatic nitrogens is 2. The largest absolute Gasteiger partial charge is 0.376 e. The summed E-state index contributed by atoms with van der Waals surface area (Å²) in [7, 11) is 0.